The molecular weight excluding hydrogens is 420 g/mol. The normalized spacial score (nSPS) is 15.0. The number of nitro groups is 2. The van der Waals surface area contributed by atoms with Gasteiger partial charge in [0.2, 0.25) is 10.0 Å². The highest BCUT2D eigenvalue weighted by Crippen LogP contribution is 2.27. The highest BCUT2D eigenvalue weighted by Gasteiger charge is 2.31. The molecule has 1 aliphatic rings. The van der Waals surface area contributed by atoms with Gasteiger partial charge in [0.1, 0.15) is 0 Å². The highest BCUT2D eigenvalue weighted by molar-refractivity contribution is 7.89. The van der Waals surface area contributed by atoms with Crippen molar-refractivity contribution in [3.63, 3.8) is 0 Å². The van der Waals surface area contributed by atoms with Crippen LogP contribution in [0.25, 0.3) is 0 Å². The standard InChI is InChI=1S/C17H16N4O8S/c22-16-10-12(4-5-15(16)21(26)27)17(23)18-6-8-19(9-7-18)30(28,29)14-3-1-2-13(11-14)20(24)25/h1-5,10-11,22H,6-9H2. The molecule has 0 saturated carbocycles. The fourth-order valence-electron chi connectivity index (χ4n) is 3.03. The summed E-state index contributed by atoms with van der Waals surface area (Å²) < 4.78 is 26.6. The van der Waals surface area contributed by atoms with Gasteiger partial charge in [-0.05, 0) is 18.2 Å². The monoisotopic (exact) mass is 436 g/mol. The number of nitrogens with zero attached hydrogens (tertiary/aromatic N) is 4. The van der Waals surface area contributed by atoms with Gasteiger partial charge in [-0.25, -0.2) is 8.42 Å². The molecule has 0 bridgehead atoms. The van der Waals surface area contributed by atoms with Crippen LogP contribution in [0.5, 0.6) is 5.75 Å². The zero-order chi connectivity index (χ0) is 22.1. The largest absolute Gasteiger partial charge is 0.502 e. The fourth-order valence-corrected chi connectivity index (χ4v) is 4.49. The van der Waals surface area contributed by atoms with E-state index in [1.54, 1.807) is 0 Å². The van der Waals surface area contributed by atoms with Crippen molar-refractivity contribution in [2.45, 2.75) is 4.90 Å². The molecule has 1 N–H and O–H groups in total. The minimum atomic E-state index is -3.98. The maximum atomic E-state index is 12.8. The van der Waals surface area contributed by atoms with E-state index in [1.807, 2.05) is 0 Å². The van der Waals surface area contributed by atoms with Crippen LogP contribution in [0.15, 0.2) is 47.4 Å². The molecule has 1 fully saturated rings. The average molecular weight is 436 g/mol. The van der Waals surface area contributed by atoms with Crippen LogP contribution in [-0.2, 0) is 10.0 Å². The Bertz CT molecular complexity index is 1130. The Balaban J connectivity index is 1.72. The van der Waals surface area contributed by atoms with Gasteiger partial charge in [0.25, 0.3) is 11.6 Å². The SMILES string of the molecule is O=C(c1ccc([N+](=O)[O-])c(O)c1)N1CCN(S(=O)(=O)c2cccc([N+](=O)[O-])c2)CC1. The molecule has 30 heavy (non-hydrogen) atoms. The highest BCUT2D eigenvalue weighted by atomic mass is 32.2. The summed E-state index contributed by atoms with van der Waals surface area (Å²) in [6, 6.07) is 7.94. The molecular formula is C17H16N4O8S. The maximum absolute atomic E-state index is 12.8. The second kappa shape index (κ2) is 8.04. The Morgan fingerprint density at radius 2 is 1.63 bits per heavy atom. The molecule has 0 unspecified atom stereocenters. The van der Waals surface area contributed by atoms with E-state index >= 15 is 0 Å². The van der Waals surface area contributed by atoms with E-state index in [-0.39, 0.29) is 42.3 Å². The van der Waals surface area contributed by atoms with E-state index in [0.717, 1.165) is 22.5 Å². The zero-order valence-corrected chi connectivity index (χ0v) is 16.2. The molecule has 0 atom stereocenters. The third kappa shape index (κ3) is 4.06. The molecule has 0 spiro atoms. The van der Waals surface area contributed by atoms with Gasteiger partial charge >= 0.3 is 5.69 Å². The van der Waals surface area contributed by atoms with E-state index in [4.69, 9.17) is 0 Å². The summed E-state index contributed by atoms with van der Waals surface area (Å²) in [5, 5.41) is 31.3. The Morgan fingerprint density at radius 1 is 0.967 bits per heavy atom. The maximum Gasteiger partial charge on any atom is 0.310 e. The first kappa shape index (κ1) is 21.1. The number of hydrogen-bond donors (Lipinski definition) is 1. The Hall–Kier alpha value is -3.58. The fraction of sp³-hybridized carbons (Fsp3) is 0.235. The number of sulfonamides is 1. The zero-order valence-electron chi connectivity index (χ0n) is 15.4. The molecule has 0 aliphatic carbocycles. The van der Waals surface area contributed by atoms with Gasteiger partial charge in [0.15, 0.2) is 5.75 Å². The summed E-state index contributed by atoms with van der Waals surface area (Å²) in [4.78, 5) is 33.9. The van der Waals surface area contributed by atoms with Crippen LogP contribution in [0.2, 0.25) is 0 Å². The molecule has 1 amide bonds. The lowest BCUT2D eigenvalue weighted by Crippen LogP contribution is -2.50. The second-order valence-corrected chi connectivity index (χ2v) is 8.35. The van der Waals surface area contributed by atoms with Gasteiger partial charge in [0.05, 0.1) is 14.7 Å². The number of hydrogen-bond acceptors (Lipinski definition) is 8. The summed E-state index contributed by atoms with van der Waals surface area (Å²) >= 11 is 0. The molecule has 2 aromatic rings. The van der Waals surface area contributed by atoms with E-state index in [1.165, 1.54) is 29.2 Å². The number of carbonyl (C=O) groups excluding carboxylic acids is 1. The van der Waals surface area contributed by atoms with Crippen LogP contribution in [0.4, 0.5) is 11.4 Å². The Labute approximate surface area is 170 Å². The number of rotatable bonds is 5. The molecule has 2 aromatic carbocycles. The molecule has 12 nitrogen and oxygen atoms in total. The smallest absolute Gasteiger partial charge is 0.310 e. The topological polar surface area (TPSA) is 164 Å². The van der Waals surface area contributed by atoms with Crippen LogP contribution in [-0.4, -0.2) is 64.7 Å². The Morgan fingerprint density at radius 3 is 2.20 bits per heavy atom. The van der Waals surface area contributed by atoms with Crippen molar-refractivity contribution in [2.24, 2.45) is 0 Å². The van der Waals surface area contributed by atoms with Crippen molar-refractivity contribution in [3.8, 4) is 5.75 Å². The van der Waals surface area contributed by atoms with Crippen molar-refractivity contribution in [2.75, 3.05) is 26.2 Å². The van der Waals surface area contributed by atoms with Crippen LogP contribution in [0, 0.1) is 20.2 Å². The predicted octanol–water partition coefficient (Wildman–Crippen LogP) is 1.36. The lowest BCUT2D eigenvalue weighted by molar-refractivity contribution is -0.385. The van der Waals surface area contributed by atoms with Gasteiger partial charge in [-0.15, -0.1) is 0 Å². The first-order valence-electron chi connectivity index (χ1n) is 8.62. The van der Waals surface area contributed by atoms with E-state index in [9.17, 15) is 38.5 Å². The van der Waals surface area contributed by atoms with Gasteiger partial charge in [-0.2, -0.15) is 4.31 Å². The van der Waals surface area contributed by atoms with Gasteiger partial charge < -0.3 is 10.0 Å². The number of benzene rings is 2. The third-order valence-corrected chi connectivity index (χ3v) is 6.51. The van der Waals surface area contributed by atoms with Gasteiger partial charge in [0, 0.05) is 49.9 Å². The molecule has 158 valence electrons. The Kier molecular flexibility index (Phi) is 5.67. The summed E-state index contributed by atoms with van der Waals surface area (Å²) in [7, 11) is -3.98. The van der Waals surface area contributed by atoms with Gasteiger partial charge in [-0.3, -0.25) is 25.0 Å². The van der Waals surface area contributed by atoms with Crippen LogP contribution in [0.3, 0.4) is 0 Å². The lowest BCUT2D eigenvalue weighted by atomic mass is 10.1. The molecule has 1 saturated heterocycles. The first-order chi connectivity index (χ1) is 14.1. The van der Waals surface area contributed by atoms with Gasteiger partial charge in [-0.1, -0.05) is 6.07 Å². The lowest BCUT2D eigenvalue weighted by Gasteiger charge is -2.34. The molecule has 0 aromatic heterocycles. The first-order valence-corrected chi connectivity index (χ1v) is 10.1. The third-order valence-electron chi connectivity index (χ3n) is 4.61. The van der Waals surface area contributed by atoms with Crippen molar-refractivity contribution in [1.82, 2.24) is 9.21 Å². The number of aromatic hydroxyl groups is 1. The number of nitro benzene ring substituents is 2. The van der Waals surface area contributed by atoms with Crippen LogP contribution >= 0.6 is 0 Å². The van der Waals surface area contributed by atoms with E-state index in [2.05, 4.69) is 0 Å². The molecule has 0 radical (unpaired) electrons. The number of carbonyl (C=O) groups is 1. The number of phenols is 1. The molecule has 1 heterocycles. The molecule has 13 heteroatoms. The number of piperazine rings is 1. The average Bonchev–Trinajstić information content (AvgIpc) is 2.73. The summed E-state index contributed by atoms with van der Waals surface area (Å²) in [5.74, 6) is -1.15. The quantitative estimate of drug-likeness (QED) is 0.542. The molecule has 3 rings (SSSR count). The molecule has 1 aliphatic heterocycles. The van der Waals surface area contributed by atoms with Crippen molar-refractivity contribution >= 4 is 27.3 Å². The second-order valence-electron chi connectivity index (χ2n) is 6.41. The number of non-ortho nitro benzene ring substituents is 1. The predicted molar refractivity (Wildman–Crippen MR) is 103 cm³/mol. The van der Waals surface area contributed by atoms with Crippen molar-refractivity contribution < 1.29 is 28.2 Å². The number of amides is 1. The number of phenolic OH excluding ortho intramolecular Hbond substituents is 1. The van der Waals surface area contributed by atoms with E-state index < -0.39 is 37.2 Å². The summed E-state index contributed by atoms with van der Waals surface area (Å²) in [6.45, 7) is 0.0287. The van der Waals surface area contributed by atoms with Crippen molar-refractivity contribution in [3.05, 3.63) is 68.3 Å². The summed E-state index contributed by atoms with van der Waals surface area (Å²) in [6.07, 6.45) is 0. The van der Waals surface area contributed by atoms with Crippen molar-refractivity contribution in [1.29, 1.82) is 0 Å². The van der Waals surface area contributed by atoms with E-state index in [0.29, 0.717) is 0 Å². The minimum Gasteiger partial charge on any atom is -0.502 e. The van der Waals surface area contributed by atoms with Crippen LogP contribution in [0.1, 0.15) is 10.4 Å². The summed E-state index contributed by atoms with van der Waals surface area (Å²) in [5.41, 5.74) is -0.838. The van der Waals surface area contributed by atoms with Crippen LogP contribution < -0.4 is 0 Å². The minimum absolute atomic E-state index is 0.0320.